The Bertz CT molecular complexity index is 201. The lowest BCUT2D eigenvalue weighted by molar-refractivity contribution is -0.137. The molecular formula is C12H23NO. The Morgan fingerprint density at radius 2 is 1.93 bits per heavy atom. The molecule has 1 aliphatic rings. The zero-order valence-corrected chi connectivity index (χ0v) is 9.89. The summed E-state index contributed by atoms with van der Waals surface area (Å²) in [7, 11) is 0. The van der Waals surface area contributed by atoms with Crippen molar-refractivity contribution in [1.82, 2.24) is 5.32 Å². The van der Waals surface area contributed by atoms with Gasteiger partial charge in [-0.15, -0.1) is 0 Å². The van der Waals surface area contributed by atoms with Crippen LogP contribution in [0.3, 0.4) is 0 Å². The van der Waals surface area contributed by atoms with E-state index in [1.54, 1.807) is 0 Å². The molecule has 2 nitrogen and oxygen atoms in total. The molecule has 1 aliphatic carbocycles. The first kappa shape index (κ1) is 11.5. The van der Waals surface area contributed by atoms with Gasteiger partial charge in [0.1, 0.15) is 0 Å². The van der Waals surface area contributed by atoms with Crippen LogP contribution >= 0.6 is 0 Å². The summed E-state index contributed by atoms with van der Waals surface area (Å²) in [4.78, 5) is 12.0. The Morgan fingerprint density at radius 1 is 1.36 bits per heavy atom. The first-order valence-electron chi connectivity index (χ1n) is 5.83. The second-order valence-electron chi connectivity index (χ2n) is 4.99. The summed E-state index contributed by atoms with van der Waals surface area (Å²) < 4.78 is 0. The summed E-state index contributed by atoms with van der Waals surface area (Å²) in [5.41, 5.74) is -0.0108. The number of nitrogens with one attached hydrogen (secondary N) is 1. The minimum Gasteiger partial charge on any atom is -0.353 e. The molecular weight excluding hydrogens is 174 g/mol. The molecule has 1 N–H and O–H groups in total. The molecule has 1 atom stereocenters. The SMILES string of the molecule is CCC1(C(=O)N[C@H](C)C(C)C)CCC1. The van der Waals surface area contributed by atoms with E-state index in [9.17, 15) is 4.79 Å². The van der Waals surface area contributed by atoms with E-state index in [1.807, 2.05) is 0 Å². The molecule has 0 bridgehead atoms. The second kappa shape index (κ2) is 4.33. The zero-order valence-electron chi connectivity index (χ0n) is 9.89. The lowest BCUT2D eigenvalue weighted by Gasteiger charge is -2.40. The molecule has 82 valence electrons. The van der Waals surface area contributed by atoms with E-state index in [4.69, 9.17) is 0 Å². The summed E-state index contributed by atoms with van der Waals surface area (Å²) >= 11 is 0. The largest absolute Gasteiger partial charge is 0.353 e. The van der Waals surface area contributed by atoms with Crippen LogP contribution in [0.15, 0.2) is 0 Å². The van der Waals surface area contributed by atoms with Crippen molar-refractivity contribution >= 4 is 5.91 Å². The van der Waals surface area contributed by atoms with E-state index in [0.717, 1.165) is 19.3 Å². The van der Waals surface area contributed by atoms with Gasteiger partial charge in [0, 0.05) is 11.5 Å². The summed E-state index contributed by atoms with van der Waals surface area (Å²) in [5.74, 6) is 0.806. The van der Waals surface area contributed by atoms with Gasteiger partial charge in [0.05, 0.1) is 0 Å². The Balaban J connectivity index is 2.48. The third-order valence-corrected chi connectivity index (χ3v) is 3.83. The summed E-state index contributed by atoms with van der Waals surface area (Å²) in [6.45, 7) is 8.50. The average Bonchev–Trinajstić information content (AvgIpc) is 2.02. The molecule has 2 heteroatoms. The highest BCUT2D eigenvalue weighted by Gasteiger charge is 2.42. The Hall–Kier alpha value is -0.530. The van der Waals surface area contributed by atoms with Crippen LogP contribution in [0.25, 0.3) is 0 Å². The van der Waals surface area contributed by atoms with E-state index in [2.05, 4.69) is 33.0 Å². The number of rotatable bonds is 4. The topological polar surface area (TPSA) is 29.1 Å². The molecule has 0 radical (unpaired) electrons. The van der Waals surface area contributed by atoms with Crippen LogP contribution in [0.1, 0.15) is 53.4 Å². The predicted molar refractivity (Wildman–Crippen MR) is 59.0 cm³/mol. The Labute approximate surface area is 87.5 Å². The average molecular weight is 197 g/mol. The molecule has 0 unspecified atom stereocenters. The van der Waals surface area contributed by atoms with Crippen LogP contribution in [-0.4, -0.2) is 11.9 Å². The number of hydrogen-bond acceptors (Lipinski definition) is 1. The van der Waals surface area contributed by atoms with Crippen molar-refractivity contribution in [2.75, 3.05) is 0 Å². The molecule has 14 heavy (non-hydrogen) atoms. The van der Waals surface area contributed by atoms with Gasteiger partial charge in [-0.25, -0.2) is 0 Å². The fraction of sp³-hybridized carbons (Fsp3) is 0.917. The van der Waals surface area contributed by atoms with E-state index in [-0.39, 0.29) is 11.3 Å². The Kier molecular flexibility index (Phi) is 3.57. The molecule has 1 fully saturated rings. The van der Waals surface area contributed by atoms with Crippen molar-refractivity contribution in [1.29, 1.82) is 0 Å². The lowest BCUT2D eigenvalue weighted by atomic mass is 9.66. The van der Waals surface area contributed by atoms with Crippen LogP contribution in [-0.2, 0) is 4.79 Å². The van der Waals surface area contributed by atoms with E-state index < -0.39 is 0 Å². The quantitative estimate of drug-likeness (QED) is 0.737. The monoisotopic (exact) mass is 197 g/mol. The van der Waals surface area contributed by atoms with Gasteiger partial charge in [-0.2, -0.15) is 0 Å². The van der Waals surface area contributed by atoms with Gasteiger partial charge in [0.15, 0.2) is 0 Å². The van der Waals surface area contributed by atoms with Gasteiger partial charge in [-0.05, 0) is 32.1 Å². The Morgan fingerprint density at radius 3 is 2.21 bits per heavy atom. The van der Waals surface area contributed by atoms with Crippen molar-refractivity contribution < 1.29 is 4.79 Å². The van der Waals surface area contributed by atoms with Gasteiger partial charge >= 0.3 is 0 Å². The second-order valence-corrected chi connectivity index (χ2v) is 4.99. The standard InChI is InChI=1S/C12H23NO/c1-5-12(7-6-8-12)11(14)13-10(4)9(2)3/h9-10H,5-8H2,1-4H3,(H,13,14)/t10-/m1/s1. The highest BCUT2D eigenvalue weighted by atomic mass is 16.2. The van der Waals surface area contributed by atoms with Crippen LogP contribution in [0, 0.1) is 11.3 Å². The van der Waals surface area contributed by atoms with Crippen LogP contribution in [0.4, 0.5) is 0 Å². The normalized spacial score (nSPS) is 21.5. The van der Waals surface area contributed by atoms with Gasteiger partial charge in [-0.1, -0.05) is 27.2 Å². The van der Waals surface area contributed by atoms with Crippen molar-refractivity contribution in [2.45, 2.75) is 59.4 Å². The molecule has 1 amide bonds. The maximum Gasteiger partial charge on any atom is 0.226 e. The third kappa shape index (κ3) is 2.10. The highest BCUT2D eigenvalue weighted by Crippen LogP contribution is 2.44. The van der Waals surface area contributed by atoms with Crippen molar-refractivity contribution in [2.24, 2.45) is 11.3 Å². The highest BCUT2D eigenvalue weighted by molar-refractivity contribution is 5.83. The molecule has 0 aliphatic heterocycles. The third-order valence-electron chi connectivity index (χ3n) is 3.83. The fourth-order valence-corrected chi connectivity index (χ4v) is 1.87. The maximum atomic E-state index is 12.0. The summed E-state index contributed by atoms with van der Waals surface area (Å²) in [5, 5.41) is 3.13. The van der Waals surface area contributed by atoms with Crippen molar-refractivity contribution in [3.8, 4) is 0 Å². The first-order valence-corrected chi connectivity index (χ1v) is 5.83. The molecule has 1 saturated carbocycles. The van der Waals surface area contributed by atoms with E-state index in [1.165, 1.54) is 6.42 Å². The first-order chi connectivity index (χ1) is 6.52. The minimum absolute atomic E-state index is 0.0108. The molecule has 0 spiro atoms. The fourth-order valence-electron chi connectivity index (χ4n) is 1.87. The number of hydrogen-bond donors (Lipinski definition) is 1. The van der Waals surface area contributed by atoms with Crippen molar-refractivity contribution in [3.05, 3.63) is 0 Å². The van der Waals surface area contributed by atoms with Gasteiger partial charge < -0.3 is 5.32 Å². The van der Waals surface area contributed by atoms with Crippen LogP contribution in [0.5, 0.6) is 0 Å². The van der Waals surface area contributed by atoms with E-state index in [0.29, 0.717) is 12.0 Å². The molecule has 0 aromatic heterocycles. The summed E-state index contributed by atoms with van der Waals surface area (Å²) in [6.07, 6.45) is 4.38. The van der Waals surface area contributed by atoms with E-state index >= 15 is 0 Å². The van der Waals surface area contributed by atoms with Crippen LogP contribution in [0.2, 0.25) is 0 Å². The molecule has 0 heterocycles. The number of carbonyl (C=O) groups is 1. The van der Waals surface area contributed by atoms with Crippen LogP contribution < -0.4 is 5.32 Å². The van der Waals surface area contributed by atoms with Gasteiger partial charge in [0.25, 0.3) is 0 Å². The maximum absolute atomic E-state index is 12.0. The predicted octanol–water partition coefficient (Wildman–Crippen LogP) is 2.73. The lowest BCUT2D eigenvalue weighted by Crippen LogP contribution is -2.49. The zero-order chi connectivity index (χ0) is 10.8. The van der Waals surface area contributed by atoms with Gasteiger partial charge in [-0.3, -0.25) is 4.79 Å². The van der Waals surface area contributed by atoms with Gasteiger partial charge in [0.2, 0.25) is 5.91 Å². The number of carbonyl (C=O) groups excluding carboxylic acids is 1. The summed E-state index contributed by atoms with van der Waals surface area (Å²) in [6, 6.07) is 0.298. The molecule has 0 aromatic rings. The molecule has 1 rings (SSSR count). The van der Waals surface area contributed by atoms with Crippen molar-refractivity contribution in [3.63, 3.8) is 0 Å². The minimum atomic E-state index is -0.0108. The number of amides is 1. The molecule has 0 aromatic carbocycles. The molecule has 0 saturated heterocycles. The smallest absolute Gasteiger partial charge is 0.226 e.